The first kappa shape index (κ1) is 21.8. The number of nitrogens with one attached hydrogen (secondary N) is 1. The third kappa shape index (κ3) is 5.06. The molecular weight excluding hydrogens is 423 g/mol. The second-order valence-corrected chi connectivity index (χ2v) is 8.40. The molecule has 0 atom stereocenters. The van der Waals surface area contributed by atoms with Gasteiger partial charge in [-0.2, -0.15) is 0 Å². The molecule has 0 unspecified atom stereocenters. The number of aromatic nitrogens is 3. The molecule has 162 valence electrons. The maximum absolute atomic E-state index is 13.5. The molecule has 4 rings (SSSR count). The molecule has 0 aliphatic carbocycles. The predicted octanol–water partition coefficient (Wildman–Crippen LogP) is 5.34. The molecule has 0 spiro atoms. The quantitative estimate of drug-likeness (QED) is 0.389. The second kappa shape index (κ2) is 9.78. The van der Waals surface area contributed by atoms with Gasteiger partial charge in [0.05, 0.1) is 5.75 Å². The first-order valence-corrected chi connectivity index (χ1v) is 11.2. The van der Waals surface area contributed by atoms with Crippen LogP contribution in [0.5, 0.6) is 0 Å². The maximum atomic E-state index is 13.5. The minimum absolute atomic E-state index is 0.123. The zero-order chi connectivity index (χ0) is 22.5. The molecule has 0 fully saturated rings. The monoisotopic (exact) mass is 446 g/mol. The zero-order valence-electron chi connectivity index (χ0n) is 17.9. The van der Waals surface area contributed by atoms with Crippen LogP contribution < -0.4 is 5.32 Å². The van der Waals surface area contributed by atoms with Crippen molar-refractivity contribution in [3.63, 3.8) is 0 Å². The summed E-state index contributed by atoms with van der Waals surface area (Å²) in [6, 6.07) is 22.0. The van der Waals surface area contributed by atoms with Gasteiger partial charge in [-0.1, -0.05) is 54.2 Å². The normalized spacial score (nSPS) is 10.8. The summed E-state index contributed by atoms with van der Waals surface area (Å²) in [7, 11) is 0. The summed E-state index contributed by atoms with van der Waals surface area (Å²) in [6.07, 6.45) is 0.570. The van der Waals surface area contributed by atoms with E-state index in [1.807, 2.05) is 66.9 Å². The Morgan fingerprint density at radius 3 is 2.47 bits per heavy atom. The number of aryl methyl sites for hydroxylation is 1. The predicted molar refractivity (Wildman–Crippen MR) is 126 cm³/mol. The molecule has 0 saturated heterocycles. The number of benzene rings is 3. The molecule has 5 nitrogen and oxygen atoms in total. The van der Waals surface area contributed by atoms with E-state index in [2.05, 4.69) is 15.5 Å². The van der Waals surface area contributed by atoms with E-state index in [1.54, 1.807) is 12.1 Å². The van der Waals surface area contributed by atoms with Crippen LogP contribution in [0.15, 0.2) is 78.0 Å². The van der Waals surface area contributed by atoms with E-state index in [-0.39, 0.29) is 17.5 Å². The topological polar surface area (TPSA) is 59.8 Å². The van der Waals surface area contributed by atoms with Crippen LogP contribution in [0.3, 0.4) is 0 Å². The third-order valence-electron chi connectivity index (χ3n) is 5.20. The van der Waals surface area contributed by atoms with Crippen LogP contribution in [0, 0.1) is 19.7 Å². The van der Waals surface area contributed by atoms with Gasteiger partial charge in [0.25, 0.3) is 0 Å². The largest absolute Gasteiger partial charge is 0.325 e. The standard InChI is InChI=1S/C25H23FN4OS/c1-17-7-6-10-22(18(17)2)27-24(31)16-32-25-29-28-23(15-19-8-4-3-5-9-19)30(25)21-13-11-20(26)12-14-21/h3-14H,15-16H2,1-2H3,(H,27,31). The summed E-state index contributed by atoms with van der Waals surface area (Å²) in [4.78, 5) is 12.6. The van der Waals surface area contributed by atoms with Gasteiger partial charge in [0.2, 0.25) is 5.91 Å². The van der Waals surface area contributed by atoms with Gasteiger partial charge in [-0.05, 0) is 60.9 Å². The van der Waals surface area contributed by atoms with Crippen LogP contribution in [0.25, 0.3) is 5.69 Å². The van der Waals surface area contributed by atoms with Crippen molar-refractivity contribution in [2.45, 2.75) is 25.4 Å². The Labute approximate surface area is 190 Å². The molecule has 0 bridgehead atoms. The molecule has 0 aliphatic heterocycles. The van der Waals surface area contributed by atoms with Crippen LogP contribution in [-0.2, 0) is 11.2 Å². The molecule has 0 radical (unpaired) electrons. The molecule has 7 heteroatoms. The van der Waals surface area contributed by atoms with Crippen LogP contribution in [0.4, 0.5) is 10.1 Å². The number of hydrogen-bond donors (Lipinski definition) is 1. The molecular formula is C25H23FN4OS. The van der Waals surface area contributed by atoms with Crippen LogP contribution in [-0.4, -0.2) is 26.4 Å². The Balaban J connectivity index is 1.55. The second-order valence-electron chi connectivity index (χ2n) is 7.46. The molecule has 1 aromatic heterocycles. The molecule has 1 N–H and O–H groups in total. The fourth-order valence-electron chi connectivity index (χ4n) is 3.34. The van der Waals surface area contributed by atoms with Crippen LogP contribution >= 0.6 is 11.8 Å². The fraction of sp³-hybridized carbons (Fsp3) is 0.160. The number of rotatable bonds is 7. The van der Waals surface area contributed by atoms with Crippen molar-refractivity contribution < 1.29 is 9.18 Å². The van der Waals surface area contributed by atoms with Gasteiger partial charge in [0, 0.05) is 17.8 Å². The average Bonchev–Trinajstić information content (AvgIpc) is 3.19. The Hall–Kier alpha value is -3.45. The summed E-state index contributed by atoms with van der Waals surface area (Å²) in [6.45, 7) is 4.00. The molecule has 0 aliphatic rings. The van der Waals surface area contributed by atoms with Gasteiger partial charge >= 0.3 is 0 Å². The minimum atomic E-state index is -0.312. The van der Waals surface area contributed by atoms with E-state index < -0.39 is 0 Å². The zero-order valence-corrected chi connectivity index (χ0v) is 18.7. The summed E-state index contributed by atoms with van der Waals surface area (Å²) >= 11 is 1.30. The van der Waals surface area contributed by atoms with Gasteiger partial charge < -0.3 is 5.32 Å². The van der Waals surface area contributed by atoms with Gasteiger partial charge in [-0.15, -0.1) is 10.2 Å². The van der Waals surface area contributed by atoms with Gasteiger partial charge in [-0.25, -0.2) is 4.39 Å². The summed E-state index contributed by atoms with van der Waals surface area (Å²) in [5.74, 6) is 0.466. The van der Waals surface area contributed by atoms with Gasteiger partial charge in [0.1, 0.15) is 11.6 Å². The van der Waals surface area contributed by atoms with Crippen molar-refractivity contribution >= 4 is 23.4 Å². The summed E-state index contributed by atoms with van der Waals surface area (Å²) in [5.41, 5.74) is 4.81. The number of carbonyl (C=O) groups excluding carboxylic acids is 1. The molecule has 32 heavy (non-hydrogen) atoms. The number of carbonyl (C=O) groups is 1. The number of anilines is 1. The lowest BCUT2D eigenvalue weighted by Gasteiger charge is -2.12. The van der Waals surface area contributed by atoms with E-state index in [9.17, 15) is 9.18 Å². The van der Waals surface area contributed by atoms with Crippen LogP contribution in [0.2, 0.25) is 0 Å². The average molecular weight is 447 g/mol. The highest BCUT2D eigenvalue weighted by Crippen LogP contribution is 2.25. The SMILES string of the molecule is Cc1cccc(NC(=O)CSc2nnc(Cc3ccccc3)n2-c2ccc(F)cc2)c1C. The van der Waals surface area contributed by atoms with E-state index in [0.717, 1.165) is 33.9 Å². The van der Waals surface area contributed by atoms with Crippen molar-refractivity contribution in [2.24, 2.45) is 0 Å². The van der Waals surface area contributed by atoms with Crippen molar-refractivity contribution in [2.75, 3.05) is 11.1 Å². The van der Waals surface area contributed by atoms with Crippen molar-refractivity contribution in [3.05, 3.63) is 101 Å². The van der Waals surface area contributed by atoms with Gasteiger partial charge in [0.15, 0.2) is 5.16 Å². The number of halogens is 1. The van der Waals surface area contributed by atoms with Crippen LogP contribution in [0.1, 0.15) is 22.5 Å². The highest BCUT2D eigenvalue weighted by atomic mass is 32.2. The lowest BCUT2D eigenvalue weighted by molar-refractivity contribution is -0.113. The Morgan fingerprint density at radius 1 is 0.969 bits per heavy atom. The van der Waals surface area contributed by atoms with Crippen molar-refractivity contribution in [1.82, 2.24) is 14.8 Å². The molecule has 1 heterocycles. The van der Waals surface area contributed by atoms with Gasteiger partial charge in [-0.3, -0.25) is 9.36 Å². The lowest BCUT2D eigenvalue weighted by Crippen LogP contribution is -2.15. The Bertz CT molecular complexity index is 1220. The fourth-order valence-corrected chi connectivity index (χ4v) is 4.11. The number of amides is 1. The summed E-state index contributed by atoms with van der Waals surface area (Å²) in [5, 5.41) is 12.2. The Kier molecular flexibility index (Phi) is 6.66. The minimum Gasteiger partial charge on any atom is -0.325 e. The number of hydrogen-bond acceptors (Lipinski definition) is 4. The van der Waals surface area contributed by atoms with E-state index >= 15 is 0 Å². The first-order chi connectivity index (χ1) is 15.5. The van der Waals surface area contributed by atoms with Crippen molar-refractivity contribution in [1.29, 1.82) is 0 Å². The lowest BCUT2D eigenvalue weighted by atomic mass is 10.1. The van der Waals surface area contributed by atoms with E-state index in [4.69, 9.17) is 0 Å². The maximum Gasteiger partial charge on any atom is 0.234 e. The summed E-state index contributed by atoms with van der Waals surface area (Å²) < 4.78 is 15.4. The smallest absolute Gasteiger partial charge is 0.234 e. The first-order valence-electron chi connectivity index (χ1n) is 10.2. The number of nitrogens with zero attached hydrogens (tertiary/aromatic N) is 3. The number of thioether (sulfide) groups is 1. The highest BCUT2D eigenvalue weighted by Gasteiger charge is 2.17. The molecule has 3 aromatic carbocycles. The van der Waals surface area contributed by atoms with E-state index in [0.29, 0.717) is 11.6 Å². The molecule has 4 aromatic rings. The Morgan fingerprint density at radius 2 is 1.72 bits per heavy atom. The molecule has 1 amide bonds. The van der Waals surface area contributed by atoms with Crippen molar-refractivity contribution in [3.8, 4) is 5.69 Å². The van der Waals surface area contributed by atoms with E-state index in [1.165, 1.54) is 23.9 Å². The highest BCUT2D eigenvalue weighted by molar-refractivity contribution is 7.99. The molecule has 0 saturated carbocycles. The third-order valence-corrected chi connectivity index (χ3v) is 6.13.